The highest BCUT2D eigenvalue weighted by Crippen LogP contribution is 2.26. The summed E-state index contributed by atoms with van der Waals surface area (Å²) in [5, 5.41) is 8.22. The maximum Gasteiger partial charge on any atom is 0.0766 e. The Bertz CT molecular complexity index is 412. The third kappa shape index (κ3) is 4.59. The molecule has 0 bridgehead atoms. The summed E-state index contributed by atoms with van der Waals surface area (Å²) < 4.78 is 3.37. The summed E-state index contributed by atoms with van der Waals surface area (Å²) in [6.07, 6.45) is 2.07. The molecule has 20 heavy (non-hydrogen) atoms. The van der Waals surface area contributed by atoms with Crippen LogP contribution in [0.5, 0.6) is 0 Å². The molecule has 2 unspecified atom stereocenters. The van der Waals surface area contributed by atoms with E-state index >= 15 is 0 Å². The van der Waals surface area contributed by atoms with Crippen molar-refractivity contribution in [1.29, 1.82) is 0 Å². The fourth-order valence-electron chi connectivity index (χ4n) is 2.34. The van der Waals surface area contributed by atoms with E-state index < -0.39 is 0 Å². The molecule has 0 fully saturated rings. The molecule has 0 saturated heterocycles. The second kappa shape index (κ2) is 8.18. The van der Waals surface area contributed by atoms with Gasteiger partial charge >= 0.3 is 0 Å². The van der Waals surface area contributed by atoms with Gasteiger partial charge in [0.15, 0.2) is 0 Å². The first kappa shape index (κ1) is 17.7. The molecular weight excluding hydrogens is 314 g/mol. The average molecular weight is 344 g/mol. The Hall–Kier alpha value is -0.350. The van der Waals surface area contributed by atoms with Crippen LogP contribution in [0.4, 0.5) is 0 Å². The molecule has 2 atom stereocenters. The molecule has 0 spiro atoms. The van der Waals surface area contributed by atoms with Crippen LogP contribution < -0.4 is 5.32 Å². The minimum atomic E-state index is 0.559. The lowest BCUT2D eigenvalue weighted by Gasteiger charge is -2.22. The van der Waals surface area contributed by atoms with Gasteiger partial charge in [0.25, 0.3) is 0 Å². The molecule has 1 N–H and O–H groups in total. The standard InChI is InChI=1S/C16H30BrN3/c1-7-14-16(17)15(20(8-2)19-14)9-12(5)13(6)10-18-11(3)4/h11-13,18H,7-10H2,1-6H3. The van der Waals surface area contributed by atoms with E-state index in [0.29, 0.717) is 17.9 Å². The SMILES string of the molecule is CCc1nn(CC)c(CC(C)C(C)CNC(C)C)c1Br. The highest BCUT2D eigenvalue weighted by Gasteiger charge is 2.19. The van der Waals surface area contributed by atoms with E-state index in [4.69, 9.17) is 0 Å². The highest BCUT2D eigenvalue weighted by atomic mass is 79.9. The summed E-state index contributed by atoms with van der Waals surface area (Å²) in [7, 11) is 0. The summed E-state index contributed by atoms with van der Waals surface area (Å²) in [6, 6.07) is 0.559. The van der Waals surface area contributed by atoms with Gasteiger partial charge in [-0.15, -0.1) is 0 Å². The molecule has 4 heteroatoms. The first-order chi connectivity index (χ1) is 9.40. The van der Waals surface area contributed by atoms with Gasteiger partial charge in [0.05, 0.1) is 15.9 Å². The number of aryl methyl sites for hydroxylation is 2. The van der Waals surface area contributed by atoms with Crippen molar-refractivity contribution in [3.8, 4) is 0 Å². The van der Waals surface area contributed by atoms with Crippen molar-refractivity contribution in [2.75, 3.05) is 6.54 Å². The number of hydrogen-bond donors (Lipinski definition) is 1. The molecule has 0 aliphatic heterocycles. The lowest BCUT2D eigenvalue weighted by atomic mass is 9.91. The molecule has 0 aliphatic carbocycles. The lowest BCUT2D eigenvalue weighted by molar-refractivity contribution is 0.347. The van der Waals surface area contributed by atoms with E-state index in [-0.39, 0.29) is 0 Å². The van der Waals surface area contributed by atoms with Crippen LogP contribution in [0.2, 0.25) is 0 Å². The number of halogens is 1. The fraction of sp³-hybridized carbons (Fsp3) is 0.812. The van der Waals surface area contributed by atoms with Gasteiger partial charge in [0, 0.05) is 12.6 Å². The van der Waals surface area contributed by atoms with Gasteiger partial charge in [-0.3, -0.25) is 4.68 Å². The van der Waals surface area contributed by atoms with Crippen molar-refractivity contribution in [2.24, 2.45) is 11.8 Å². The van der Waals surface area contributed by atoms with Crippen LogP contribution in [-0.4, -0.2) is 22.4 Å². The zero-order chi connectivity index (χ0) is 15.3. The van der Waals surface area contributed by atoms with Crippen molar-refractivity contribution in [3.05, 3.63) is 15.9 Å². The highest BCUT2D eigenvalue weighted by molar-refractivity contribution is 9.10. The zero-order valence-electron chi connectivity index (χ0n) is 13.8. The normalized spacial score (nSPS) is 14.8. The number of nitrogens with zero attached hydrogens (tertiary/aromatic N) is 2. The van der Waals surface area contributed by atoms with Crippen LogP contribution >= 0.6 is 15.9 Å². The molecule has 0 amide bonds. The van der Waals surface area contributed by atoms with Crippen molar-refractivity contribution in [1.82, 2.24) is 15.1 Å². The Kier molecular flexibility index (Phi) is 7.24. The van der Waals surface area contributed by atoms with Gasteiger partial charge in [-0.2, -0.15) is 5.10 Å². The van der Waals surface area contributed by atoms with E-state index in [1.165, 1.54) is 15.9 Å². The average Bonchev–Trinajstić information content (AvgIpc) is 2.72. The van der Waals surface area contributed by atoms with Crippen LogP contribution in [0.25, 0.3) is 0 Å². The first-order valence-electron chi connectivity index (χ1n) is 7.88. The molecule has 116 valence electrons. The Morgan fingerprint density at radius 2 is 1.80 bits per heavy atom. The molecule has 0 aliphatic rings. The zero-order valence-corrected chi connectivity index (χ0v) is 15.4. The van der Waals surface area contributed by atoms with E-state index in [0.717, 1.165) is 25.9 Å². The molecular formula is C16H30BrN3. The van der Waals surface area contributed by atoms with Crippen molar-refractivity contribution in [3.63, 3.8) is 0 Å². The van der Waals surface area contributed by atoms with Crippen LogP contribution in [-0.2, 0) is 19.4 Å². The van der Waals surface area contributed by atoms with Gasteiger partial charge in [-0.05, 0) is 54.1 Å². The van der Waals surface area contributed by atoms with Gasteiger partial charge in [0.2, 0.25) is 0 Å². The van der Waals surface area contributed by atoms with Crippen LogP contribution in [0.15, 0.2) is 4.47 Å². The second-order valence-corrected chi connectivity index (χ2v) is 6.89. The van der Waals surface area contributed by atoms with E-state index in [2.05, 4.69) is 72.6 Å². The van der Waals surface area contributed by atoms with Crippen LogP contribution in [0.1, 0.15) is 52.9 Å². The van der Waals surface area contributed by atoms with Gasteiger partial charge < -0.3 is 5.32 Å². The van der Waals surface area contributed by atoms with Crippen molar-refractivity contribution >= 4 is 15.9 Å². The van der Waals surface area contributed by atoms with Crippen molar-refractivity contribution in [2.45, 2.75) is 67.0 Å². The molecule has 0 radical (unpaired) electrons. The Morgan fingerprint density at radius 3 is 2.30 bits per heavy atom. The third-order valence-electron chi connectivity index (χ3n) is 4.03. The smallest absolute Gasteiger partial charge is 0.0766 e. The summed E-state index contributed by atoms with van der Waals surface area (Å²) >= 11 is 3.74. The molecule has 1 aromatic rings. The molecule has 3 nitrogen and oxygen atoms in total. The summed E-state index contributed by atoms with van der Waals surface area (Å²) in [4.78, 5) is 0. The second-order valence-electron chi connectivity index (χ2n) is 6.10. The first-order valence-corrected chi connectivity index (χ1v) is 8.67. The predicted molar refractivity (Wildman–Crippen MR) is 90.1 cm³/mol. The predicted octanol–water partition coefficient (Wildman–Crippen LogP) is 4.04. The lowest BCUT2D eigenvalue weighted by Crippen LogP contribution is -2.31. The molecule has 0 aromatic carbocycles. The maximum atomic E-state index is 4.69. The topological polar surface area (TPSA) is 29.9 Å². The summed E-state index contributed by atoms with van der Waals surface area (Å²) in [5.41, 5.74) is 2.54. The van der Waals surface area contributed by atoms with E-state index in [1.807, 2.05) is 0 Å². The monoisotopic (exact) mass is 343 g/mol. The van der Waals surface area contributed by atoms with Gasteiger partial charge in [0.1, 0.15) is 0 Å². The summed E-state index contributed by atoms with van der Waals surface area (Å²) in [6.45, 7) is 15.4. The van der Waals surface area contributed by atoms with E-state index in [9.17, 15) is 0 Å². The largest absolute Gasteiger partial charge is 0.314 e. The minimum Gasteiger partial charge on any atom is -0.314 e. The number of nitrogens with one attached hydrogen (secondary N) is 1. The molecule has 0 saturated carbocycles. The summed E-state index contributed by atoms with van der Waals surface area (Å²) in [5.74, 6) is 1.30. The number of rotatable bonds is 8. The van der Waals surface area contributed by atoms with Crippen LogP contribution in [0, 0.1) is 11.8 Å². The Labute approximate surface area is 132 Å². The Balaban J connectivity index is 2.74. The number of aromatic nitrogens is 2. The van der Waals surface area contributed by atoms with Crippen molar-refractivity contribution < 1.29 is 0 Å². The van der Waals surface area contributed by atoms with Gasteiger partial charge in [-0.25, -0.2) is 0 Å². The Morgan fingerprint density at radius 1 is 1.15 bits per heavy atom. The quantitative estimate of drug-likeness (QED) is 0.771. The van der Waals surface area contributed by atoms with Crippen LogP contribution in [0.3, 0.4) is 0 Å². The van der Waals surface area contributed by atoms with Gasteiger partial charge in [-0.1, -0.05) is 34.6 Å². The molecule has 1 rings (SSSR count). The maximum absolute atomic E-state index is 4.69. The molecule has 1 aromatic heterocycles. The number of hydrogen-bond acceptors (Lipinski definition) is 2. The fourth-order valence-corrected chi connectivity index (χ4v) is 3.07. The minimum absolute atomic E-state index is 0.559. The van der Waals surface area contributed by atoms with E-state index in [1.54, 1.807) is 0 Å². The third-order valence-corrected chi connectivity index (χ3v) is 4.94. The molecule has 1 heterocycles.